The van der Waals surface area contributed by atoms with E-state index in [0.29, 0.717) is 6.54 Å². The first-order valence-electron chi connectivity index (χ1n) is 9.26. The maximum atomic E-state index is 13.1. The number of quaternary nitrogens is 1. The quantitative estimate of drug-likeness (QED) is 0.706. The van der Waals surface area contributed by atoms with Crippen LogP contribution in [0.4, 0.5) is 10.2 Å². The molecule has 3 heterocycles. The molecule has 0 atom stereocenters. The summed E-state index contributed by atoms with van der Waals surface area (Å²) in [6.45, 7) is 9.22. The lowest BCUT2D eigenvalue weighted by atomic mass is 10.2. The van der Waals surface area contributed by atoms with E-state index < -0.39 is 0 Å². The molecule has 2 aromatic heterocycles. The summed E-state index contributed by atoms with van der Waals surface area (Å²) in [4.78, 5) is 13.4. The van der Waals surface area contributed by atoms with Gasteiger partial charge in [0.05, 0.1) is 18.6 Å². The summed E-state index contributed by atoms with van der Waals surface area (Å²) < 4.78 is 18.6. The third kappa shape index (κ3) is 4.10. The van der Waals surface area contributed by atoms with Crippen molar-refractivity contribution in [2.75, 3.05) is 31.6 Å². The van der Waals surface area contributed by atoms with Crippen LogP contribution in [0.3, 0.4) is 0 Å². The van der Waals surface area contributed by atoms with Crippen LogP contribution in [0.15, 0.2) is 24.3 Å². The molecule has 1 saturated heterocycles. The number of thiophene rings is 1. The predicted octanol–water partition coefficient (Wildman–Crippen LogP) is 2.47. The standard InChI is InChI=1S/C20H23FN4OS/c1-13-14(2)27-20-18(13)19(22-11-15-3-5-16(21)6-4-15)23-17(24-20)12-25-7-9-26-10-8-25/h3-6H,7-12H2,1-2H3,(H,22,23,24)/p+1. The Hall–Kier alpha value is -2.09. The number of benzene rings is 1. The molecular formula is C20H24FN4OS+. The third-order valence-corrected chi connectivity index (χ3v) is 6.16. The van der Waals surface area contributed by atoms with Crippen molar-refractivity contribution in [1.82, 2.24) is 9.97 Å². The van der Waals surface area contributed by atoms with Crippen molar-refractivity contribution in [2.45, 2.75) is 26.9 Å². The van der Waals surface area contributed by atoms with Gasteiger partial charge in [0.15, 0.2) is 5.82 Å². The number of hydrogen-bond donors (Lipinski definition) is 2. The first-order valence-corrected chi connectivity index (χ1v) is 10.1. The second kappa shape index (κ2) is 7.88. The number of nitrogens with one attached hydrogen (secondary N) is 2. The van der Waals surface area contributed by atoms with Crippen LogP contribution >= 0.6 is 11.3 Å². The van der Waals surface area contributed by atoms with Gasteiger partial charge >= 0.3 is 0 Å². The fourth-order valence-electron chi connectivity index (χ4n) is 3.35. The normalized spacial score (nSPS) is 15.4. The summed E-state index contributed by atoms with van der Waals surface area (Å²) in [5, 5.41) is 4.55. The van der Waals surface area contributed by atoms with E-state index in [9.17, 15) is 4.39 Å². The maximum absolute atomic E-state index is 13.1. The summed E-state index contributed by atoms with van der Waals surface area (Å²) in [7, 11) is 0. The number of aromatic nitrogens is 2. The van der Waals surface area contributed by atoms with Gasteiger partial charge in [-0.1, -0.05) is 12.1 Å². The molecule has 0 saturated carbocycles. The Kier molecular flexibility index (Phi) is 5.33. The molecule has 4 rings (SSSR count). The summed E-state index contributed by atoms with van der Waals surface area (Å²) in [6.07, 6.45) is 0. The van der Waals surface area contributed by atoms with Gasteiger partial charge in [-0.2, -0.15) is 0 Å². The minimum Gasteiger partial charge on any atom is -0.370 e. The van der Waals surface area contributed by atoms with E-state index in [-0.39, 0.29) is 5.82 Å². The van der Waals surface area contributed by atoms with Gasteiger partial charge in [0.2, 0.25) is 0 Å². The van der Waals surface area contributed by atoms with Crippen molar-refractivity contribution < 1.29 is 14.0 Å². The molecule has 0 aliphatic carbocycles. The Morgan fingerprint density at radius 3 is 2.63 bits per heavy atom. The van der Waals surface area contributed by atoms with Crippen molar-refractivity contribution in [1.29, 1.82) is 0 Å². The number of aryl methyl sites for hydroxylation is 2. The van der Waals surface area contributed by atoms with Gasteiger partial charge in [-0.3, -0.25) is 0 Å². The van der Waals surface area contributed by atoms with Crippen molar-refractivity contribution in [3.05, 3.63) is 51.9 Å². The minimum atomic E-state index is -0.219. The number of ether oxygens (including phenoxy) is 1. The number of rotatable bonds is 5. The third-order valence-electron chi connectivity index (χ3n) is 5.06. The van der Waals surface area contributed by atoms with E-state index in [1.54, 1.807) is 23.5 Å². The van der Waals surface area contributed by atoms with Gasteiger partial charge in [-0.15, -0.1) is 11.3 Å². The van der Waals surface area contributed by atoms with Gasteiger partial charge < -0.3 is 15.0 Å². The highest BCUT2D eigenvalue weighted by molar-refractivity contribution is 7.18. The van der Waals surface area contributed by atoms with Gasteiger partial charge in [0, 0.05) is 11.4 Å². The molecule has 1 aromatic carbocycles. The summed E-state index contributed by atoms with van der Waals surface area (Å²) >= 11 is 1.72. The molecular weight excluding hydrogens is 363 g/mol. The average molecular weight is 388 g/mol. The Labute approximate surface area is 162 Å². The number of morpholine rings is 1. The molecule has 27 heavy (non-hydrogen) atoms. The highest BCUT2D eigenvalue weighted by Gasteiger charge is 2.19. The molecule has 0 spiro atoms. The average Bonchev–Trinajstić information content (AvgIpc) is 2.96. The van der Waals surface area contributed by atoms with Gasteiger partial charge in [-0.25, -0.2) is 14.4 Å². The van der Waals surface area contributed by atoms with Crippen LogP contribution in [0, 0.1) is 19.7 Å². The van der Waals surface area contributed by atoms with Crippen molar-refractivity contribution in [3.63, 3.8) is 0 Å². The maximum Gasteiger partial charge on any atom is 0.187 e. The lowest BCUT2D eigenvalue weighted by molar-refractivity contribution is -0.922. The predicted molar refractivity (Wildman–Crippen MR) is 106 cm³/mol. The number of hydrogen-bond acceptors (Lipinski definition) is 5. The van der Waals surface area contributed by atoms with Crippen LogP contribution < -0.4 is 10.2 Å². The van der Waals surface area contributed by atoms with E-state index in [1.165, 1.54) is 27.5 Å². The smallest absolute Gasteiger partial charge is 0.187 e. The van der Waals surface area contributed by atoms with Crippen LogP contribution in [-0.2, 0) is 17.8 Å². The minimum absolute atomic E-state index is 0.219. The van der Waals surface area contributed by atoms with Crippen molar-refractivity contribution in [2.24, 2.45) is 0 Å². The zero-order valence-corrected chi connectivity index (χ0v) is 16.5. The first-order chi connectivity index (χ1) is 13.1. The van der Waals surface area contributed by atoms with Crippen LogP contribution in [0.5, 0.6) is 0 Å². The first kappa shape index (κ1) is 18.3. The fourth-order valence-corrected chi connectivity index (χ4v) is 4.40. The van der Waals surface area contributed by atoms with Gasteiger partial charge in [-0.05, 0) is 37.1 Å². The molecule has 5 nitrogen and oxygen atoms in total. The molecule has 0 bridgehead atoms. The zero-order valence-electron chi connectivity index (χ0n) is 15.6. The fraction of sp³-hybridized carbons (Fsp3) is 0.400. The second-order valence-electron chi connectivity index (χ2n) is 6.97. The second-order valence-corrected chi connectivity index (χ2v) is 8.17. The molecule has 0 unspecified atom stereocenters. The lowest BCUT2D eigenvalue weighted by Crippen LogP contribution is -3.12. The van der Waals surface area contributed by atoms with E-state index in [4.69, 9.17) is 14.7 Å². The summed E-state index contributed by atoms with van der Waals surface area (Å²) in [5.74, 6) is 1.51. The summed E-state index contributed by atoms with van der Waals surface area (Å²) in [6, 6.07) is 6.57. The highest BCUT2D eigenvalue weighted by atomic mass is 32.1. The van der Waals surface area contributed by atoms with E-state index >= 15 is 0 Å². The van der Waals surface area contributed by atoms with E-state index in [2.05, 4.69) is 19.2 Å². The molecule has 0 amide bonds. The molecule has 1 aliphatic heterocycles. The van der Waals surface area contributed by atoms with Crippen LogP contribution in [0.1, 0.15) is 21.8 Å². The Morgan fingerprint density at radius 1 is 1.15 bits per heavy atom. The molecule has 0 radical (unpaired) electrons. The number of nitrogens with zero attached hydrogens (tertiary/aromatic N) is 2. The molecule has 2 N–H and O–H groups in total. The number of fused-ring (bicyclic) bond motifs is 1. The van der Waals surface area contributed by atoms with Crippen molar-refractivity contribution in [3.8, 4) is 0 Å². The topological polar surface area (TPSA) is 51.5 Å². The largest absolute Gasteiger partial charge is 0.370 e. The molecule has 7 heteroatoms. The van der Waals surface area contributed by atoms with Crippen LogP contribution in [-0.4, -0.2) is 36.3 Å². The summed E-state index contributed by atoms with van der Waals surface area (Å²) in [5.41, 5.74) is 2.25. The van der Waals surface area contributed by atoms with Crippen LogP contribution in [0.25, 0.3) is 10.2 Å². The Balaban J connectivity index is 1.62. The molecule has 1 aliphatic rings. The zero-order chi connectivity index (χ0) is 18.8. The number of halogens is 1. The monoisotopic (exact) mass is 387 g/mol. The van der Waals surface area contributed by atoms with Gasteiger partial charge in [0.25, 0.3) is 0 Å². The van der Waals surface area contributed by atoms with Gasteiger partial charge in [0.1, 0.15) is 36.1 Å². The SMILES string of the molecule is Cc1sc2nc(C[NH+]3CCOCC3)nc(NCc3ccc(F)cc3)c2c1C. The molecule has 1 fully saturated rings. The van der Waals surface area contributed by atoms with Crippen molar-refractivity contribution >= 4 is 27.4 Å². The number of anilines is 1. The highest BCUT2D eigenvalue weighted by Crippen LogP contribution is 2.33. The Morgan fingerprint density at radius 2 is 1.89 bits per heavy atom. The van der Waals surface area contributed by atoms with E-state index in [0.717, 1.165) is 60.3 Å². The Bertz CT molecular complexity index is 935. The van der Waals surface area contributed by atoms with Crippen LogP contribution in [0.2, 0.25) is 0 Å². The van der Waals surface area contributed by atoms with E-state index in [1.807, 2.05) is 0 Å². The molecule has 3 aromatic rings. The molecule has 142 valence electrons. The lowest BCUT2D eigenvalue weighted by Gasteiger charge is -2.23.